The third-order valence-corrected chi connectivity index (χ3v) is 7.18. The third-order valence-electron chi connectivity index (χ3n) is 5.99. The highest BCUT2D eigenvalue weighted by Gasteiger charge is 2.41. The molecule has 30 heavy (non-hydrogen) atoms. The van der Waals surface area contributed by atoms with Crippen molar-refractivity contribution in [1.82, 2.24) is 14.9 Å². The van der Waals surface area contributed by atoms with Crippen LogP contribution in [0.2, 0.25) is 0 Å². The smallest absolute Gasteiger partial charge is 0.264 e. The lowest BCUT2D eigenvalue weighted by molar-refractivity contribution is -0.181. The Kier molecular flexibility index (Phi) is 4.92. The highest BCUT2D eigenvalue weighted by Crippen LogP contribution is 2.38. The number of piperidine rings is 1. The number of hydrogen-bond donors (Lipinski definition) is 0. The molecule has 0 aliphatic carbocycles. The number of benzene rings is 1. The zero-order valence-electron chi connectivity index (χ0n) is 17.1. The van der Waals surface area contributed by atoms with Gasteiger partial charge in [-0.15, -0.1) is 11.3 Å². The second kappa shape index (κ2) is 7.61. The first kappa shape index (κ1) is 19.4. The van der Waals surface area contributed by atoms with Crippen molar-refractivity contribution in [3.8, 4) is 0 Å². The number of aryl methyl sites for hydroxylation is 1. The maximum Gasteiger partial charge on any atom is 0.264 e. The van der Waals surface area contributed by atoms with Crippen molar-refractivity contribution in [3.63, 3.8) is 0 Å². The lowest BCUT2D eigenvalue weighted by atomic mass is 10.0. The summed E-state index contributed by atoms with van der Waals surface area (Å²) in [7, 11) is 1.99. The van der Waals surface area contributed by atoms with Crippen LogP contribution in [0.5, 0.6) is 0 Å². The number of para-hydroxylation sites is 1. The zero-order valence-corrected chi connectivity index (χ0v) is 17.9. The Morgan fingerprint density at radius 2 is 1.83 bits per heavy atom. The number of amides is 1. The summed E-state index contributed by atoms with van der Waals surface area (Å²) in [5, 5.41) is 0.938. The third kappa shape index (κ3) is 3.25. The van der Waals surface area contributed by atoms with E-state index in [0.29, 0.717) is 39.1 Å². The molecule has 2 aliphatic heterocycles. The second-order valence-electron chi connectivity index (χ2n) is 7.73. The molecule has 7 nitrogen and oxygen atoms in total. The number of carbonyl (C=O) groups is 1. The molecular formula is C22H24N4O3S. The summed E-state index contributed by atoms with van der Waals surface area (Å²) in [4.78, 5) is 27.8. The molecule has 0 atom stereocenters. The van der Waals surface area contributed by atoms with Crippen LogP contribution in [0.1, 0.15) is 28.1 Å². The van der Waals surface area contributed by atoms with E-state index < -0.39 is 5.79 Å². The fourth-order valence-corrected chi connectivity index (χ4v) is 5.38. The molecule has 1 spiro atoms. The molecular weight excluding hydrogens is 400 g/mol. The molecule has 2 aliphatic rings. The van der Waals surface area contributed by atoms with Gasteiger partial charge in [-0.3, -0.25) is 4.79 Å². The first-order valence-corrected chi connectivity index (χ1v) is 11.0. The van der Waals surface area contributed by atoms with Gasteiger partial charge in [0.25, 0.3) is 5.91 Å². The average Bonchev–Trinajstić information content (AvgIpc) is 3.38. The summed E-state index contributed by atoms with van der Waals surface area (Å²) in [6.07, 6.45) is 3.00. The van der Waals surface area contributed by atoms with E-state index in [0.717, 1.165) is 32.2 Å². The van der Waals surface area contributed by atoms with Crippen LogP contribution < -0.4 is 4.90 Å². The minimum Gasteiger partial charge on any atom is -0.347 e. The number of nitrogens with zero attached hydrogens (tertiary/aromatic N) is 4. The molecule has 1 amide bonds. The molecule has 1 aromatic carbocycles. The van der Waals surface area contributed by atoms with Crippen molar-refractivity contribution in [2.45, 2.75) is 25.6 Å². The fraction of sp³-hybridized carbons (Fsp3) is 0.409. The van der Waals surface area contributed by atoms with Crippen LogP contribution in [0, 0.1) is 6.92 Å². The zero-order chi connectivity index (χ0) is 20.7. The Bertz CT molecular complexity index is 1070. The molecule has 8 heteroatoms. The summed E-state index contributed by atoms with van der Waals surface area (Å²) in [6, 6.07) is 10.1. The SMILES string of the molecule is Cc1c(C(=O)N2CCC3(CC2)OCCO3)sc2ncnc(N(C)c3ccccc3)c12. The number of carbonyl (C=O) groups excluding carboxylic acids is 1. The van der Waals surface area contributed by atoms with E-state index in [2.05, 4.69) is 9.97 Å². The number of anilines is 2. The van der Waals surface area contributed by atoms with Crippen LogP contribution in [-0.2, 0) is 9.47 Å². The van der Waals surface area contributed by atoms with Crippen molar-refractivity contribution in [2.24, 2.45) is 0 Å². The fourth-order valence-electron chi connectivity index (χ4n) is 4.27. The number of ether oxygens (including phenoxy) is 2. The highest BCUT2D eigenvalue weighted by atomic mass is 32.1. The minimum absolute atomic E-state index is 0.0525. The maximum atomic E-state index is 13.3. The van der Waals surface area contributed by atoms with Crippen LogP contribution in [0.4, 0.5) is 11.5 Å². The second-order valence-corrected chi connectivity index (χ2v) is 8.73. The normalized spacial score (nSPS) is 18.3. The molecule has 5 rings (SSSR count). The summed E-state index contributed by atoms with van der Waals surface area (Å²) in [5.41, 5.74) is 1.97. The number of hydrogen-bond acceptors (Lipinski definition) is 7. The minimum atomic E-state index is -0.483. The van der Waals surface area contributed by atoms with Gasteiger partial charge in [-0.05, 0) is 24.6 Å². The monoisotopic (exact) mass is 424 g/mol. The Labute approximate surface area is 179 Å². The number of thiophene rings is 1. The van der Waals surface area contributed by atoms with Crippen molar-refractivity contribution >= 4 is 39.0 Å². The largest absolute Gasteiger partial charge is 0.347 e. The summed E-state index contributed by atoms with van der Waals surface area (Å²) in [6.45, 7) is 4.54. The van der Waals surface area contributed by atoms with Crippen molar-refractivity contribution < 1.29 is 14.3 Å². The quantitative estimate of drug-likeness (QED) is 0.638. The number of rotatable bonds is 3. The molecule has 4 heterocycles. The van der Waals surface area contributed by atoms with Crippen LogP contribution in [-0.4, -0.2) is 59.9 Å². The van der Waals surface area contributed by atoms with E-state index in [1.54, 1.807) is 6.33 Å². The van der Waals surface area contributed by atoms with Crippen LogP contribution in [0.15, 0.2) is 36.7 Å². The van der Waals surface area contributed by atoms with Crippen LogP contribution >= 0.6 is 11.3 Å². The Morgan fingerprint density at radius 1 is 1.13 bits per heavy atom. The number of aromatic nitrogens is 2. The van der Waals surface area contributed by atoms with Crippen molar-refractivity contribution in [1.29, 1.82) is 0 Å². The Balaban J connectivity index is 1.45. The number of likely N-dealkylation sites (tertiary alicyclic amines) is 1. The topological polar surface area (TPSA) is 67.8 Å². The summed E-state index contributed by atoms with van der Waals surface area (Å²) < 4.78 is 11.6. The molecule has 2 aromatic heterocycles. The van der Waals surface area contributed by atoms with E-state index in [1.807, 2.05) is 54.1 Å². The molecule has 0 radical (unpaired) electrons. The predicted molar refractivity (Wildman–Crippen MR) is 116 cm³/mol. The lowest BCUT2D eigenvalue weighted by Gasteiger charge is -2.37. The van der Waals surface area contributed by atoms with E-state index in [4.69, 9.17) is 9.47 Å². The van der Waals surface area contributed by atoms with E-state index in [9.17, 15) is 4.79 Å². The maximum absolute atomic E-state index is 13.3. The van der Waals surface area contributed by atoms with Gasteiger partial charge in [-0.25, -0.2) is 9.97 Å². The molecule has 0 bridgehead atoms. The molecule has 3 aromatic rings. The molecule has 2 fully saturated rings. The highest BCUT2D eigenvalue weighted by molar-refractivity contribution is 7.20. The van der Waals surface area contributed by atoms with Gasteiger partial charge in [-0.2, -0.15) is 0 Å². The van der Waals surface area contributed by atoms with E-state index >= 15 is 0 Å². The summed E-state index contributed by atoms with van der Waals surface area (Å²) in [5.74, 6) is 0.379. The first-order chi connectivity index (χ1) is 14.6. The Hall–Kier alpha value is -2.55. The molecule has 156 valence electrons. The summed E-state index contributed by atoms with van der Waals surface area (Å²) >= 11 is 1.44. The number of fused-ring (bicyclic) bond motifs is 1. The van der Waals surface area contributed by atoms with Crippen LogP contribution in [0.3, 0.4) is 0 Å². The molecule has 0 saturated carbocycles. The van der Waals surface area contributed by atoms with Crippen molar-refractivity contribution in [3.05, 3.63) is 47.1 Å². The Morgan fingerprint density at radius 3 is 2.53 bits per heavy atom. The average molecular weight is 425 g/mol. The lowest BCUT2D eigenvalue weighted by Crippen LogP contribution is -2.47. The predicted octanol–water partition coefficient (Wildman–Crippen LogP) is 3.75. The molecule has 0 N–H and O–H groups in total. The van der Waals surface area contributed by atoms with Gasteiger partial charge in [0.1, 0.15) is 17.0 Å². The van der Waals surface area contributed by atoms with E-state index in [1.165, 1.54) is 11.3 Å². The van der Waals surface area contributed by atoms with Crippen LogP contribution in [0.25, 0.3) is 10.2 Å². The standard InChI is InChI=1S/C22H24N4O3S/c1-15-17-19(25(2)16-6-4-3-5-7-16)23-14-24-20(17)30-18(15)21(27)26-10-8-22(9-11-26)28-12-13-29-22/h3-7,14H,8-13H2,1-2H3. The van der Waals surface area contributed by atoms with Crippen molar-refractivity contribution in [2.75, 3.05) is 38.3 Å². The molecule has 0 unspecified atom stereocenters. The first-order valence-electron chi connectivity index (χ1n) is 10.2. The van der Waals surface area contributed by atoms with Gasteiger partial charge in [0, 0.05) is 38.7 Å². The van der Waals surface area contributed by atoms with E-state index in [-0.39, 0.29) is 5.91 Å². The van der Waals surface area contributed by atoms with Gasteiger partial charge < -0.3 is 19.3 Å². The van der Waals surface area contributed by atoms with Gasteiger partial charge >= 0.3 is 0 Å². The van der Waals surface area contributed by atoms with Gasteiger partial charge in [0.05, 0.1) is 23.5 Å². The molecule has 2 saturated heterocycles. The van der Waals surface area contributed by atoms with Gasteiger partial charge in [0.2, 0.25) is 0 Å². The van der Waals surface area contributed by atoms with Gasteiger partial charge in [0.15, 0.2) is 5.79 Å². The van der Waals surface area contributed by atoms with Gasteiger partial charge in [-0.1, -0.05) is 18.2 Å².